The summed E-state index contributed by atoms with van der Waals surface area (Å²) < 4.78 is 0. The summed E-state index contributed by atoms with van der Waals surface area (Å²) in [6.45, 7) is -0.306. The van der Waals surface area contributed by atoms with E-state index in [4.69, 9.17) is 4.84 Å². The van der Waals surface area contributed by atoms with Crippen LogP contribution in [0.25, 0.3) is 0 Å². The van der Waals surface area contributed by atoms with Gasteiger partial charge in [-0.25, -0.2) is 0 Å². The first kappa shape index (κ1) is 20.0. The summed E-state index contributed by atoms with van der Waals surface area (Å²) in [5.74, 6) is -0.903. The van der Waals surface area contributed by atoms with Gasteiger partial charge in [-0.3, -0.25) is 19.7 Å². The third-order valence-electron chi connectivity index (χ3n) is 4.49. The monoisotopic (exact) mass is 396 g/mol. The van der Waals surface area contributed by atoms with E-state index in [0.29, 0.717) is 5.69 Å². The topological polar surface area (TPSA) is 123 Å². The van der Waals surface area contributed by atoms with Gasteiger partial charge in [-0.05, 0) is 42.5 Å². The number of fused-ring (bicyclic) bond motifs is 1. The molecule has 1 aliphatic carbocycles. The van der Waals surface area contributed by atoms with Crippen LogP contribution < -0.4 is 10.6 Å². The lowest BCUT2D eigenvalue weighted by atomic mass is 9.88. The maximum atomic E-state index is 12.1. The van der Waals surface area contributed by atoms with Gasteiger partial charge in [0.2, 0.25) is 0 Å². The van der Waals surface area contributed by atoms with Crippen molar-refractivity contribution in [3.05, 3.63) is 69.8 Å². The fraction of sp³-hybridized carbons (Fsp3) is 0.250. The minimum absolute atomic E-state index is 0.0505. The quantitative estimate of drug-likeness (QED) is 0.423. The summed E-state index contributed by atoms with van der Waals surface area (Å²) in [7, 11) is 0. The number of benzene rings is 2. The molecule has 0 radical (unpaired) electrons. The van der Waals surface area contributed by atoms with Crippen molar-refractivity contribution in [2.24, 2.45) is 5.16 Å². The van der Waals surface area contributed by atoms with Crippen molar-refractivity contribution in [1.82, 2.24) is 5.32 Å². The number of hydrogen-bond acceptors (Lipinski definition) is 6. The van der Waals surface area contributed by atoms with E-state index in [1.54, 1.807) is 0 Å². The lowest BCUT2D eigenvalue weighted by Crippen LogP contribution is -2.33. The Morgan fingerprint density at radius 1 is 1.21 bits per heavy atom. The molecule has 1 aliphatic rings. The smallest absolute Gasteiger partial charge is 0.270 e. The lowest BCUT2D eigenvalue weighted by Gasteiger charge is -2.26. The molecule has 0 aliphatic heterocycles. The molecule has 0 saturated heterocycles. The van der Waals surface area contributed by atoms with E-state index in [2.05, 4.69) is 21.9 Å². The Labute approximate surface area is 166 Å². The highest BCUT2D eigenvalue weighted by Crippen LogP contribution is 2.29. The van der Waals surface area contributed by atoms with Crippen molar-refractivity contribution in [3.63, 3.8) is 0 Å². The molecule has 0 heterocycles. The van der Waals surface area contributed by atoms with Gasteiger partial charge in [0.1, 0.15) is 6.21 Å². The van der Waals surface area contributed by atoms with Crippen LogP contribution in [-0.4, -0.2) is 29.6 Å². The number of anilines is 1. The van der Waals surface area contributed by atoms with Crippen LogP contribution in [-0.2, 0) is 20.8 Å². The summed E-state index contributed by atoms with van der Waals surface area (Å²) in [6.07, 6.45) is 3.77. The van der Waals surface area contributed by atoms with Gasteiger partial charge < -0.3 is 15.5 Å². The largest absolute Gasteiger partial charge is 0.386 e. The highest BCUT2D eigenvalue weighted by Gasteiger charge is 2.21. The van der Waals surface area contributed by atoms with Gasteiger partial charge in [0.15, 0.2) is 6.61 Å². The van der Waals surface area contributed by atoms with E-state index in [0.717, 1.165) is 31.0 Å². The second-order valence-electron chi connectivity index (χ2n) is 6.51. The van der Waals surface area contributed by atoms with Crippen LogP contribution in [0.4, 0.5) is 11.4 Å². The summed E-state index contributed by atoms with van der Waals surface area (Å²) in [5, 5.41) is 19.5. The SMILES string of the molecule is O=C(/C=N/OCC(=O)NC1CCCc2ccccc21)Nc1ccc([N+](=O)[O-])cc1. The molecule has 0 spiro atoms. The lowest BCUT2D eigenvalue weighted by molar-refractivity contribution is -0.384. The number of aryl methyl sites for hydroxylation is 1. The van der Waals surface area contributed by atoms with E-state index in [9.17, 15) is 19.7 Å². The number of oxime groups is 1. The van der Waals surface area contributed by atoms with E-state index in [-0.39, 0.29) is 24.2 Å². The zero-order valence-corrected chi connectivity index (χ0v) is 15.5. The maximum absolute atomic E-state index is 12.1. The average Bonchev–Trinajstić information content (AvgIpc) is 2.72. The number of carbonyl (C=O) groups excluding carboxylic acids is 2. The minimum atomic E-state index is -0.583. The van der Waals surface area contributed by atoms with Crippen molar-refractivity contribution < 1.29 is 19.3 Å². The molecule has 0 bridgehead atoms. The summed E-state index contributed by atoms with van der Waals surface area (Å²) in [4.78, 5) is 38.8. The molecule has 3 rings (SSSR count). The number of non-ortho nitro benzene ring substituents is 1. The second-order valence-corrected chi connectivity index (χ2v) is 6.51. The van der Waals surface area contributed by atoms with E-state index < -0.39 is 10.8 Å². The number of hydrogen-bond donors (Lipinski definition) is 2. The standard InChI is InChI=1S/C20H20N4O5/c25-19(22-15-8-10-16(11-9-15)24(27)28)12-21-29-13-20(26)23-18-7-3-5-14-4-1-2-6-17(14)18/h1-2,4,6,8-12,18H,3,5,7,13H2,(H,22,25)(H,23,26)/b21-12+. The van der Waals surface area contributed by atoms with E-state index in [1.165, 1.54) is 29.8 Å². The average molecular weight is 396 g/mol. The molecule has 150 valence electrons. The molecular weight excluding hydrogens is 376 g/mol. The van der Waals surface area contributed by atoms with Gasteiger partial charge in [0, 0.05) is 17.8 Å². The molecular formula is C20H20N4O5. The first-order valence-electron chi connectivity index (χ1n) is 9.11. The molecule has 2 N–H and O–H groups in total. The summed E-state index contributed by atoms with van der Waals surface area (Å²) in [6, 6.07) is 13.3. The highest BCUT2D eigenvalue weighted by molar-refractivity contribution is 6.31. The maximum Gasteiger partial charge on any atom is 0.270 e. The Hall–Kier alpha value is -3.75. The molecule has 0 fully saturated rings. The Morgan fingerprint density at radius 3 is 2.72 bits per heavy atom. The van der Waals surface area contributed by atoms with Gasteiger partial charge in [0.25, 0.3) is 17.5 Å². The van der Waals surface area contributed by atoms with Crippen LogP contribution in [0.3, 0.4) is 0 Å². The van der Waals surface area contributed by atoms with Crippen molar-refractivity contribution in [2.75, 3.05) is 11.9 Å². The molecule has 9 heteroatoms. The van der Waals surface area contributed by atoms with Crippen LogP contribution in [0.2, 0.25) is 0 Å². The molecule has 2 aromatic rings. The van der Waals surface area contributed by atoms with Gasteiger partial charge >= 0.3 is 0 Å². The Morgan fingerprint density at radius 2 is 1.97 bits per heavy atom. The number of rotatable bonds is 7. The van der Waals surface area contributed by atoms with Crippen LogP contribution >= 0.6 is 0 Å². The van der Waals surface area contributed by atoms with Crippen molar-refractivity contribution in [1.29, 1.82) is 0 Å². The van der Waals surface area contributed by atoms with E-state index in [1.807, 2.05) is 18.2 Å². The number of nitro groups is 1. The Bertz CT molecular complexity index is 927. The van der Waals surface area contributed by atoms with Gasteiger partial charge in [0.05, 0.1) is 11.0 Å². The summed E-state index contributed by atoms with van der Waals surface area (Å²) >= 11 is 0. The number of amides is 2. The zero-order valence-electron chi connectivity index (χ0n) is 15.5. The van der Waals surface area contributed by atoms with E-state index >= 15 is 0 Å². The van der Waals surface area contributed by atoms with Gasteiger partial charge in [-0.1, -0.05) is 29.4 Å². The fourth-order valence-corrected chi connectivity index (χ4v) is 3.16. The van der Waals surface area contributed by atoms with Crippen molar-refractivity contribution in [3.8, 4) is 0 Å². The molecule has 9 nitrogen and oxygen atoms in total. The van der Waals surface area contributed by atoms with Gasteiger partial charge in [-0.2, -0.15) is 0 Å². The fourth-order valence-electron chi connectivity index (χ4n) is 3.16. The van der Waals surface area contributed by atoms with Crippen LogP contribution in [0, 0.1) is 10.1 Å². The Balaban J connectivity index is 1.42. The molecule has 0 saturated carbocycles. The van der Waals surface area contributed by atoms with Crippen LogP contribution in [0.15, 0.2) is 53.7 Å². The highest BCUT2D eigenvalue weighted by atomic mass is 16.6. The minimum Gasteiger partial charge on any atom is -0.386 e. The molecule has 1 unspecified atom stereocenters. The predicted octanol–water partition coefficient (Wildman–Crippen LogP) is 2.73. The number of nitrogens with one attached hydrogen (secondary N) is 2. The normalized spacial score (nSPS) is 15.4. The first-order chi connectivity index (χ1) is 14.0. The van der Waals surface area contributed by atoms with Crippen molar-refractivity contribution >= 4 is 29.4 Å². The predicted molar refractivity (Wildman–Crippen MR) is 106 cm³/mol. The molecule has 1 atom stereocenters. The molecule has 2 aromatic carbocycles. The second kappa shape index (κ2) is 9.45. The summed E-state index contributed by atoms with van der Waals surface area (Å²) in [5.41, 5.74) is 2.66. The van der Waals surface area contributed by atoms with Crippen molar-refractivity contribution in [2.45, 2.75) is 25.3 Å². The van der Waals surface area contributed by atoms with Crippen LogP contribution in [0.5, 0.6) is 0 Å². The zero-order chi connectivity index (χ0) is 20.6. The number of nitro benzene ring substituents is 1. The first-order valence-corrected chi connectivity index (χ1v) is 9.11. The molecule has 29 heavy (non-hydrogen) atoms. The molecule has 0 aromatic heterocycles. The number of nitrogens with zero attached hydrogens (tertiary/aromatic N) is 2. The Kier molecular flexibility index (Phi) is 6.51. The van der Waals surface area contributed by atoms with Gasteiger partial charge in [-0.15, -0.1) is 0 Å². The third-order valence-corrected chi connectivity index (χ3v) is 4.49. The van der Waals surface area contributed by atoms with Crippen LogP contribution in [0.1, 0.15) is 30.0 Å². The third kappa shape index (κ3) is 5.61. The molecule has 2 amide bonds. The number of carbonyl (C=O) groups is 2.